The Morgan fingerprint density at radius 2 is 2.08 bits per heavy atom. The van der Waals surface area contributed by atoms with Gasteiger partial charge >= 0.3 is 0 Å². The Hall–Kier alpha value is -2.44. The molecule has 0 spiro atoms. The summed E-state index contributed by atoms with van der Waals surface area (Å²) in [6.07, 6.45) is 0.279. The molecule has 0 aliphatic carbocycles. The van der Waals surface area contributed by atoms with E-state index in [0.717, 1.165) is 11.3 Å². The average molecular weight is 379 g/mol. The molecule has 138 valence electrons. The van der Waals surface area contributed by atoms with E-state index in [1.165, 1.54) is 12.1 Å². The monoisotopic (exact) mass is 378 g/mol. The first-order valence-electron chi connectivity index (χ1n) is 8.09. The largest absolute Gasteiger partial charge is 0.383 e. The molecule has 0 radical (unpaired) electrons. The Labute approximate surface area is 156 Å². The summed E-state index contributed by atoms with van der Waals surface area (Å²) in [6.45, 7) is 2.87. The molecule has 1 aliphatic rings. The first-order valence-corrected chi connectivity index (χ1v) is 8.47. The molecule has 1 fully saturated rings. The normalized spacial score (nSPS) is 16.1. The lowest BCUT2D eigenvalue weighted by Gasteiger charge is -2.17. The van der Waals surface area contributed by atoms with Crippen molar-refractivity contribution in [1.82, 2.24) is 5.32 Å². The van der Waals surface area contributed by atoms with Crippen molar-refractivity contribution >= 4 is 29.6 Å². The molecule has 2 N–H and O–H groups in total. The number of aliphatic hydroxyl groups is 1. The molecule has 1 unspecified atom stereocenters. The van der Waals surface area contributed by atoms with Crippen LogP contribution < -0.4 is 10.2 Å². The van der Waals surface area contributed by atoms with Crippen LogP contribution >= 0.6 is 11.6 Å². The van der Waals surface area contributed by atoms with Crippen LogP contribution in [0.5, 0.6) is 0 Å². The third kappa shape index (κ3) is 5.28. The summed E-state index contributed by atoms with van der Waals surface area (Å²) in [5, 5.41) is 12.1. The van der Waals surface area contributed by atoms with Crippen LogP contribution in [-0.4, -0.2) is 30.1 Å². The van der Waals surface area contributed by atoms with Crippen LogP contribution in [0.25, 0.3) is 0 Å². The van der Waals surface area contributed by atoms with Crippen molar-refractivity contribution in [3.63, 3.8) is 0 Å². The molecule has 2 aromatic carbocycles. The minimum Gasteiger partial charge on any atom is -0.383 e. The molecular weight excluding hydrogens is 359 g/mol. The van der Waals surface area contributed by atoms with Gasteiger partial charge in [0, 0.05) is 30.2 Å². The highest BCUT2D eigenvalue weighted by molar-refractivity contribution is 6.30. The molecular formula is C19H20ClFN2O3. The second-order valence-corrected chi connectivity index (χ2v) is 6.29. The van der Waals surface area contributed by atoms with Crippen molar-refractivity contribution in [3.05, 3.63) is 64.4 Å². The number of rotatable bonds is 4. The Kier molecular flexibility index (Phi) is 7.12. The molecule has 0 saturated carbocycles. The van der Waals surface area contributed by atoms with Gasteiger partial charge in [0.15, 0.2) is 0 Å². The van der Waals surface area contributed by atoms with Gasteiger partial charge in [-0.25, -0.2) is 4.39 Å². The van der Waals surface area contributed by atoms with Gasteiger partial charge in [-0.1, -0.05) is 29.8 Å². The van der Waals surface area contributed by atoms with E-state index >= 15 is 0 Å². The Morgan fingerprint density at radius 1 is 1.35 bits per heavy atom. The van der Waals surface area contributed by atoms with Gasteiger partial charge in [-0.15, -0.1) is 0 Å². The second-order valence-electron chi connectivity index (χ2n) is 5.86. The number of benzene rings is 2. The van der Waals surface area contributed by atoms with Crippen LogP contribution in [-0.2, 0) is 16.1 Å². The van der Waals surface area contributed by atoms with Gasteiger partial charge in [0.1, 0.15) is 11.9 Å². The van der Waals surface area contributed by atoms with Crippen LogP contribution in [0, 0.1) is 12.7 Å². The predicted molar refractivity (Wildman–Crippen MR) is 98.5 cm³/mol. The van der Waals surface area contributed by atoms with Crippen molar-refractivity contribution in [2.45, 2.75) is 26.0 Å². The number of nitrogens with one attached hydrogen (secondary N) is 1. The van der Waals surface area contributed by atoms with Gasteiger partial charge in [0.25, 0.3) is 5.91 Å². The molecule has 5 nitrogen and oxygen atoms in total. The van der Waals surface area contributed by atoms with E-state index in [1.54, 1.807) is 11.0 Å². The molecule has 1 atom stereocenters. The number of para-hydroxylation sites is 1. The number of aliphatic hydroxyl groups excluding tert-OH is 1. The van der Waals surface area contributed by atoms with E-state index in [2.05, 4.69) is 5.32 Å². The van der Waals surface area contributed by atoms with E-state index in [9.17, 15) is 19.1 Å². The maximum Gasteiger partial charge on any atom is 0.255 e. The minimum absolute atomic E-state index is 0.181. The molecule has 3 rings (SSSR count). The molecule has 0 aromatic heterocycles. The zero-order valence-corrected chi connectivity index (χ0v) is 15.0. The number of hydrogen-bond donors (Lipinski definition) is 2. The zero-order chi connectivity index (χ0) is 19.1. The first kappa shape index (κ1) is 19.9. The van der Waals surface area contributed by atoms with Crippen LogP contribution in [0.3, 0.4) is 0 Å². The minimum atomic E-state index is -0.811. The summed E-state index contributed by atoms with van der Waals surface area (Å²) in [5.41, 5.74) is 2.62. The number of carbonyl (C=O) groups excluding carboxylic acids is 2. The van der Waals surface area contributed by atoms with Crippen molar-refractivity contribution < 1.29 is 19.1 Å². The highest BCUT2D eigenvalue weighted by Crippen LogP contribution is 2.24. The molecule has 2 aromatic rings. The van der Waals surface area contributed by atoms with E-state index < -0.39 is 11.9 Å². The molecule has 1 saturated heterocycles. The lowest BCUT2D eigenvalue weighted by Crippen LogP contribution is -2.29. The van der Waals surface area contributed by atoms with Crippen LogP contribution in [0.4, 0.5) is 10.1 Å². The molecule has 2 amide bonds. The maximum atomic E-state index is 12.7. The summed E-state index contributed by atoms with van der Waals surface area (Å²) < 4.78 is 12.7. The van der Waals surface area contributed by atoms with Gasteiger partial charge in [-0.05, 0) is 42.3 Å². The lowest BCUT2D eigenvalue weighted by molar-refractivity contribution is -0.124. The number of anilines is 1. The maximum absolute atomic E-state index is 12.7. The quantitative estimate of drug-likeness (QED) is 0.804. The highest BCUT2D eigenvalue weighted by atomic mass is 35.5. The summed E-state index contributed by atoms with van der Waals surface area (Å²) in [5.74, 6) is -0.579. The number of aryl methyl sites for hydroxylation is 1. The average Bonchev–Trinajstić information content (AvgIpc) is 2.92. The number of carbonyl (C=O) groups is 2. The topological polar surface area (TPSA) is 69.6 Å². The Morgan fingerprint density at radius 3 is 2.65 bits per heavy atom. The third-order valence-electron chi connectivity index (χ3n) is 3.90. The SMILES string of the molecule is Cc1ccccc1N1CCC(O)C1=O.O=CNCc1cc(F)cc(Cl)c1. The van der Waals surface area contributed by atoms with E-state index in [-0.39, 0.29) is 5.91 Å². The van der Waals surface area contributed by atoms with Gasteiger partial charge < -0.3 is 15.3 Å². The first-order chi connectivity index (χ1) is 12.4. The fourth-order valence-electron chi connectivity index (χ4n) is 2.64. The van der Waals surface area contributed by atoms with Crippen LogP contribution in [0.2, 0.25) is 5.02 Å². The smallest absolute Gasteiger partial charge is 0.255 e. The summed E-state index contributed by atoms with van der Waals surface area (Å²) >= 11 is 5.57. The predicted octanol–water partition coefficient (Wildman–Crippen LogP) is 2.82. The van der Waals surface area contributed by atoms with Gasteiger partial charge in [-0.2, -0.15) is 0 Å². The van der Waals surface area contributed by atoms with E-state index in [0.29, 0.717) is 36.5 Å². The van der Waals surface area contributed by atoms with Crippen molar-refractivity contribution in [1.29, 1.82) is 0 Å². The second kappa shape index (κ2) is 9.31. The number of halogens is 2. The summed E-state index contributed by atoms with van der Waals surface area (Å²) in [4.78, 5) is 23.1. The van der Waals surface area contributed by atoms with Gasteiger partial charge in [-0.3, -0.25) is 9.59 Å². The molecule has 0 bridgehead atoms. The van der Waals surface area contributed by atoms with Crippen molar-refractivity contribution in [2.75, 3.05) is 11.4 Å². The van der Waals surface area contributed by atoms with Crippen LogP contribution in [0.15, 0.2) is 42.5 Å². The lowest BCUT2D eigenvalue weighted by atomic mass is 10.2. The number of hydrogen-bond acceptors (Lipinski definition) is 3. The highest BCUT2D eigenvalue weighted by Gasteiger charge is 2.31. The summed E-state index contributed by atoms with van der Waals surface area (Å²) in [7, 11) is 0. The van der Waals surface area contributed by atoms with Crippen LogP contribution in [0.1, 0.15) is 17.5 Å². The number of amides is 2. The third-order valence-corrected chi connectivity index (χ3v) is 4.11. The van der Waals surface area contributed by atoms with Crippen molar-refractivity contribution in [3.8, 4) is 0 Å². The molecule has 1 heterocycles. The molecule has 7 heteroatoms. The summed E-state index contributed by atoms with van der Waals surface area (Å²) in [6, 6.07) is 11.9. The van der Waals surface area contributed by atoms with Gasteiger partial charge in [0.05, 0.1) is 0 Å². The molecule has 1 aliphatic heterocycles. The van der Waals surface area contributed by atoms with E-state index in [1.807, 2.05) is 31.2 Å². The Balaban J connectivity index is 0.000000190. The number of nitrogens with zero attached hydrogens (tertiary/aromatic N) is 1. The fourth-order valence-corrected chi connectivity index (χ4v) is 2.89. The zero-order valence-electron chi connectivity index (χ0n) is 14.3. The standard InChI is InChI=1S/C11H13NO2.C8H7ClFNO/c1-8-4-2-3-5-9(8)12-7-6-10(13)11(12)14;9-7-1-6(4-11-5-12)2-8(10)3-7/h2-5,10,13H,6-7H2,1H3;1-3,5H,4H2,(H,11,12). The molecule has 26 heavy (non-hydrogen) atoms. The van der Waals surface area contributed by atoms with Crippen molar-refractivity contribution in [2.24, 2.45) is 0 Å². The van der Waals surface area contributed by atoms with E-state index in [4.69, 9.17) is 11.6 Å². The Bertz CT molecular complexity index is 765. The fraction of sp³-hybridized carbons (Fsp3) is 0.263. The van der Waals surface area contributed by atoms with Gasteiger partial charge in [0.2, 0.25) is 6.41 Å².